The van der Waals surface area contributed by atoms with Crippen molar-refractivity contribution in [3.05, 3.63) is 0 Å². The third-order valence-electron chi connectivity index (χ3n) is 3.69. The highest BCUT2D eigenvalue weighted by molar-refractivity contribution is 5.75. The molecule has 0 aromatic heterocycles. The minimum absolute atomic E-state index is 0.129. The van der Waals surface area contributed by atoms with E-state index in [2.05, 4.69) is 9.80 Å². The van der Waals surface area contributed by atoms with Crippen molar-refractivity contribution in [2.24, 2.45) is 0 Å². The standard InChI is InChI=1S/C13H24N2O4/c1-12(15-5-9-18-10-6-15)13(16)19-11-4-14-2-7-17-8-3-14/h12H,2-11H2,1H3. The van der Waals surface area contributed by atoms with Crippen LogP contribution < -0.4 is 0 Å². The predicted octanol–water partition coefficient (Wildman–Crippen LogP) is -0.417. The lowest BCUT2D eigenvalue weighted by Crippen LogP contribution is -2.47. The summed E-state index contributed by atoms with van der Waals surface area (Å²) in [7, 11) is 0. The third kappa shape index (κ3) is 4.72. The number of hydrogen-bond acceptors (Lipinski definition) is 6. The Morgan fingerprint density at radius 1 is 1.11 bits per heavy atom. The lowest BCUT2D eigenvalue weighted by atomic mass is 10.2. The first-order valence-electron chi connectivity index (χ1n) is 7.06. The molecule has 0 saturated carbocycles. The summed E-state index contributed by atoms with van der Waals surface area (Å²) >= 11 is 0. The van der Waals surface area contributed by atoms with Gasteiger partial charge in [0.2, 0.25) is 0 Å². The number of carbonyl (C=O) groups is 1. The molecule has 110 valence electrons. The van der Waals surface area contributed by atoms with E-state index in [4.69, 9.17) is 14.2 Å². The van der Waals surface area contributed by atoms with Gasteiger partial charge in [0.1, 0.15) is 12.6 Å². The van der Waals surface area contributed by atoms with E-state index in [0.717, 1.165) is 45.9 Å². The number of ether oxygens (including phenoxy) is 3. The molecule has 0 aromatic rings. The minimum Gasteiger partial charge on any atom is -0.463 e. The van der Waals surface area contributed by atoms with Gasteiger partial charge in [0.05, 0.1) is 26.4 Å². The van der Waals surface area contributed by atoms with E-state index in [0.29, 0.717) is 19.8 Å². The fourth-order valence-corrected chi connectivity index (χ4v) is 2.33. The van der Waals surface area contributed by atoms with E-state index in [1.54, 1.807) is 0 Å². The summed E-state index contributed by atoms with van der Waals surface area (Å²) in [6, 6.07) is -0.173. The lowest BCUT2D eigenvalue weighted by molar-refractivity contribution is -0.151. The van der Waals surface area contributed by atoms with Crippen molar-refractivity contribution in [3.63, 3.8) is 0 Å². The molecule has 0 radical (unpaired) electrons. The van der Waals surface area contributed by atoms with E-state index >= 15 is 0 Å². The number of esters is 1. The summed E-state index contributed by atoms with van der Waals surface area (Å²) in [4.78, 5) is 16.3. The first-order chi connectivity index (χ1) is 9.27. The molecule has 2 aliphatic rings. The van der Waals surface area contributed by atoms with Crippen molar-refractivity contribution in [1.82, 2.24) is 9.80 Å². The summed E-state index contributed by atoms with van der Waals surface area (Å²) in [6.45, 7) is 9.58. The number of morpholine rings is 2. The molecule has 0 amide bonds. The minimum atomic E-state index is -0.173. The Morgan fingerprint density at radius 2 is 1.68 bits per heavy atom. The van der Waals surface area contributed by atoms with Crippen molar-refractivity contribution in [1.29, 1.82) is 0 Å². The van der Waals surface area contributed by atoms with Crippen LogP contribution in [0.1, 0.15) is 6.92 Å². The highest BCUT2D eigenvalue weighted by atomic mass is 16.5. The number of hydrogen-bond donors (Lipinski definition) is 0. The molecule has 19 heavy (non-hydrogen) atoms. The number of nitrogens with zero attached hydrogens (tertiary/aromatic N) is 2. The molecular weight excluding hydrogens is 248 g/mol. The molecule has 2 saturated heterocycles. The van der Waals surface area contributed by atoms with E-state index in [1.807, 2.05) is 6.92 Å². The molecule has 0 aliphatic carbocycles. The predicted molar refractivity (Wildman–Crippen MR) is 70.1 cm³/mol. The Morgan fingerprint density at radius 3 is 2.32 bits per heavy atom. The van der Waals surface area contributed by atoms with E-state index in [9.17, 15) is 4.79 Å². The lowest BCUT2D eigenvalue weighted by Gasteiger charge is -2.31. The van der Waals surface area contributed by atoms with Gasteiger partial charge < -0.3 is 14.2 Å². The molecule has 2 fully saturated rings. The topological polar surface area (TPSA) is 51.2 Å². The van der Waals surface area contributed by atoms with Crippen molar-refractivity contribution >= 4 is 5.97 Å². The van der Waals surface area contributed by atoms with E-state index < -0.39 is 0 Å². The molecule has 0 aromatic carbocycles. The largest absolute Gasteiger partial charge is 0.463 e. The molecule has 2 rings (SSSR count). The van der Waals surface area contributed by atoms with Crippen LogP contribution in [0.5, 0.6) is 0 Å². The highest BCUT2D eigenvalue weighted by Gasteiger charge is 2.24. The second kappa shape index (κ2) is 7.79. The van der Waals surface area contributed by atoms with Crippen LogP contribution in [0.3, 0.4) is 0 Å². The van der Waals surface area contributed by atoms with Gasteiger partial charge in [-0.15, -0.1) is 0 Å². The van der Waals surface area contributed by atoms with Crippen molar-refractivity contribution in [3.8, 4) is 0 Å². The van der Waals surface area contributed by atoms with Gasteiger partial charge in [-0.25, -0.2) is 0 Å². The van der Waals surface area contributed by atoms with Crippen LogP contribution in [-0.4, -0.2) is 87.6 Å². The molecule has 0 spiro atoms. The zero-order chi connectivity index (χ0) is 13.5. The van der Waals surface area contributed by atoms with Crippen LogP contribution in [-0.2, 0) is 19.0 Å². The van der Waals surface area contributed by atoms with Crippen LogP contribution in [0.25, 0.3) is 0 Å². The average Bonchev–Trinajstić information content (AvgIpc) is 2.48. The Hall–Kier alpha value is -0.690. The van der Waals surface area contributed by atoms with Crippen molar-refractivity contribution in [2.45, 2.75) is 13.0 Å². The second-order valence-electron chi connectivity index (χ2n) is 4.95. The molecule has 0 N–H and O–H groups in total. The Kier molecular flexibility index (Phi) is 6.03. The van der Waals surface area contributed by atoms with E-state index in [1.165, 1.54) is 0 Å². The van der Waals surface area contributed by atoms with Gasteiger partial charge in [-0.2, -0.15) is 0 Å². The van der Waals surface area contributed by atoms with Crippen LogP contribution in [0.4, 0.5) is 0 Å². The SMILES string of the molecule is CC(C(=O)OCCN1CCOCC1)N1CCOCC1. The number of carbonyl (C=O) groups excluding carboxylic acids is 1. The fraction of sp³-hybridized carbons (Fsp3) is 0.923. The summed E-state index contributed by atoms with van der Waals surface area (Å²) in [5.74, 6) is -0.129. The first-order valence-corrected chi connectivity index (χ1v) is 7.06. The zero-order valence-corrected chi connectivity index (χ0v) is 11.7. The van der Waals surface area contributed by atoms with Crippen LogP contribution in [0, 0.1) is 0 Å². The number of rotatable bonds is 5. The van der Waals surface area contributed by atoms with E-state index in [-0.39, 0.29) is 12.0 Å². The fourth-order valence-electron chi connectivity index (χ4n) is 2.33. The Labute approximate surface area is 114 Å². The van der Waals surface area contributed by atoms with Gasteiger partial charge in [-0.1, -0.05) is 0 Å². The van der Waals surface area contributed by atoms with Crippen LogP contribution in [0.15, 0.2) is 0 Å². The maximum absolute atomic E-state index is 11.9. The highest BCUT2D eigenvalue weighted by Crippen LogP contribution is 2.05. The van der Waals surface area contributed by atoms with Gasteiger partial charge in [0.15, 0.2) is 0 Å². The van der Waals surface area contributed by atoms with Crippen molar-refractivity contribution in [2.75, 3.05) is 65.8 Å². The summed E-state index contributed by atoms with van der Waals surface area (Å²) < 4.78 is 15.9. The summed E-state index contributed by atoms with van der Waals surface area (Å²) in [6.07, 6.45) is 0. The first kappa shape index (κ1) is 14.7. The average molecular weight is 272 g/mol. The van der Waals surface area contributed by atoms with Gasteiger partial charge in [-0.05, 0) is 6.92 Å². The maximum Gasteiger partial charge on any atom is 0.323 e. The molecule has 6 heteroatoms. The van der Waals surface area contributed by atoms with Gasteiger partial charge >= 0.3 is 5.97 Å². The van der Waals surface area contributed by atoms with Crippen molar-refractivity contribution < 1.29 is 19.0 Å². The molecule has 1 unspecified atom stereocenters. The van der Waals surface area contributed by atoms with Crippen LogP contribution >= 0.6 is 0 Å². The van der Waals surface area contributed by atoms with Gasteiger partial charge in [0, 0.05) is 32.7 Å². The third-order valence-corrected chi connectivity index (χ3v) is 3.69. The van der Waals surface area contributed by atoms with Gasteiger partial charge in [-0.3, -0.25) is 14.6 Å². The molecule has 6 nitrogen and oxygen atoms in total. The Balaban J connectivity index is 1.62. The van der Waals surface area contributed by atoms with Crippen LogP contribution in [0.2, 0.25) is 0 Å². The molecular formula is C13H24N2O4. The van der Waals surface area contributed by atoms with Gasteiger partial charge in [0.25, 0.3) is 0 Å². The molecule has 2 aliphatic heterocycles. The molecule has 1 atom stereocenters. The summed E-state index contributed by atoms with van der Waals surface area (Å²) in [5, 5.41) is 0. The normalized spacial score (nSPS) is 24.1. The smallest absolute Gasteiger partial charge is 0.323 e. The monoisotopic (exact) mass is 272 g/mol. The summed E-state index contributed by atoms with van der Waals surface area (Å²) in [5.41, 5.74) is 0. The second-order valence-corrected chi connectivity index (χ2v) is 4.95. The molecule has 0 bridgehead atoms. The maximum atomic E-state index is 11.9. The zero-order valence-electron chi connectivity index (χ0n) is 11.7. The molecule has 2 heterocycles. The Bertz CT molecular complexity index is 276. The quantitative estimate of drug-likeness (QED) is 0.634.